The fraction of sp³-hybridized carbons (Fsp3) is 0.417. The zero-order valence-corrected chi connectivity index (χ0v) is 9.85. The van der Waals surface area contributed by atoms with Gasteiger partial charge in [-0.15, -0.1) is 0 Å². The summed E-state index contributed by atoms with van der Waals surface area (Å²) in [7, 11) is 0. The van der Waals surface area contributed by atoms with Gasteiger partial charge in [0.05, 0.1) is 6.04 Å². The fourth-order valence-electron chi connectivity index (χ4n) is 1.67. The van der Waals surface area contributed by atoms with E-state index in [4.69, 9.17) is 0 Å². The maximum Gasteiger partial charge on any atom is 0.471 e. The largest absolute Gasteiger partial charge is 0.471 e. The molecule has 1 unspecified atom stereocenters. The number of hydrogen-bond acceptors (Lipinski definition) is 1. The zero-order chi connectivity index (χ0) is 13.2. The highest BCUT2D eigenvalue weighted by Crippen LogP contribution is 2.21. The molecular formula is C12H14F3NO. The second-order valence-electron chi connectivity index (χ2n) is 4.05. The molecule has 0 aromatic heterocycles. The molecule has 1 rings (SSSR count). The number of hydrogen-bond donors (Lipinski definition) is 1. The van der Waals surface area contributed by atoms with Gasteiger partial charge < -0.3 is 5.32 Å². The van der Waals surface area contributed by atoms with E-state index in [2.05, 4.69) is 0 Å². The second kappa shape index (κ2) is 4.77. The number of carbonyl (C=O) groups excluding carboxylic acids is 1. The SMILES string of the molecule is Cc1ccc(C(C)NC(=O)C(F)(F)F)c(C)c1. The van der Waals surface area contributed by atoms with Gasteiger partial charge in [0, 0.05) is 0 Å². The lowest BCUT2D eigenvalue weighted by Gasteiger charge is -2.17. The molecule has 94 valence electrons. The number of alkyl halides is 3. The maximum atomic E-state index is 12.1. The third kappa shape index (κ3) is 3.47. The molecule has 0 aliphatic rings. The zero-order valence-electron chi connectivity index (χ0n) is 9.85. The smallest absolute Gasteiger partial charge is 0.342 e. The van der Waals surface area contributed by atoms with Crippen LogP contribution in [0, 0.1) is 13.8 Å². The average molecular weight is 245 g/mol. The summed E-state index contributed by atoms with van der Waals surface area (Å²) in [6, 6.07) is 4.74. The summed E-state index contributed by atoms with van der Waals surface area (Å²) in [5.41, 5.74) is 2.58. The van der Waals surface area contributed by atoms with Crippen LogP contribution in [-0.2, 0) is 4.79 Å². The Kier molecular flexibility index (Phi) is 3.80. The quantitative estimate of drug-likeness (QED) is 0.852. The first-order valence-corrected chi connectivity index (χ1v) is 5.16. The fourth-order valence-corrected chi connectivity index (χ4v) is 1.67. The van der Waals surface area contributed by atoms with Gasteiger partial charge in [-0.2, -0.15) is 13.2 Å². The molecule has 1 atom stereocenters. The van der Waals surface area contributed by atoms with Gasteiger partial charge in [0.25, 0.3) is 0 Å². The minimum absolute atomic E-state index is 0.662. The molecule has 0 aliphatic heterocycles. The van der Waals surface area contributed by atoms with E-state index < -0.39 is 18.1 Å². The lowest BCUT2D eigenvalue weighted by molar-refractivity contribution is -0.174. The van der Waals surface area contributed by atoms with Crippen LogP contribution in [0.1, 0.15) is 29.7 Å². The van der Waals surface area contributed by atoms with E-state index in [0.717, 1.165) is 11.1 Å². The Morgan fingerprint density at radius 3 is 2.35 bits per heavy atom. The molecule has 0 fully saturated rings. The molecule has 0 bridgehead atoms. The number of nitrogens with one attached hydrogen (secondary N) is 1. The van der Waals surface area contributed by atoms with Crippen molar-refractivity contribution in [2.75, 3.05) is 0 Å². The third-order valence-corrected chi connectivity index (χ3v) is 2.50. The molecule has 0 saturated carbocycles. The number of amides is 1. The van der Waals surface area contributed by atoms with Gasteiger partial charge in [0.1, 0.15) is 0 Å². The van der Waals surface area contributed by atoms with Crippen molar-refractivity contribution >= 4 is 5.91 Å². The van der Waals surface area contributed by atoms with E-state index in [-0.39, 0.29) is 0 Å². The van der Waals surface area contributed by atoms with Gasteiger partial charge >= 0.3 is 12.1 Å². The standard InChI is InChI=1S/C12H14F3NO/c1-7-4-5-10(8(2)6-7)9(3)16-11(17)12(13,14)15/h4-6,9H,1-3H3,(H,16,17). The summed E-state index contributed by atoms with van der Waals surface area (Å²) in [5, 5.41) is 1.93. The predicted octanol–water partition coefficient (Wildman–Crippen LogP) is 3.04. The summed E-state index contributed by atoms with van der Waals surface area (Å²) in [6.07, 6.45) is -4.84. The highest BCUT2D eigenvalue weighted by Gasteiger charge is 2.39. The van der Waals surface area contributed by atoms with E-state index in [1.807, 2.05) is 18.3 Å². The van der Waals surface area contributed by atoms with Crippen LogP contribution in [-0.4, -0.2) is 12.1 Å². The Hall–Kier alpha value is -1.52. The van der Waals surface area contributed by atoms with Gasteiger partial charge in [-0.3, -0.25) is 4.79 Å². The Labute approximate surface area is 97.8 Å². The van der Waals surface area contributed by atoms with Crippen LogP contribution in [0.2, 0.25) is 0 Å². The summed E-state index contributed by atoms with van der Waals surface area (Å²) in [6.45, 7) is 5.23. The molecule has 1 amide bonds. The number of halogens is 3. The van der Waals surface area contributed by atoms with Crippen LogP contribution in [0.15, 0.2) is 18.2 Å². The second-order valence-corrected chi connectivity index (χ2v) is 4.05. The first-order valence-electron chi connectivity index (χ1n) is 5.16. The molecule has 2 nitrogen and oxygen atoms in total. The van der Waals surface area contributed by atoms with Crippen molar-refractivity contribution in [1.29, 1.82) is 0 Å². The summed E-state index contributed by atoms with van der Waals surface area (Å²) in [5.74, 6) is -1.91. The van der Waals surface area contributed by atoms with Crippen LogP contribution in [0.4, 0.5) is 13.2 Å². The minimum Gasteiger partial charge on any atom is -0.342 e. The van der Waals surface area contributed by atoms with Gasteiger partial charge in [-0.1, -0.05) is 23.8 Å². The predicted molar refractivity (Wildman–Crippen MR) is 58.5 cm³/mol. The Morgan fingerprint density at radius 2 is 1.88 bits per heavy atom. The first kappa shape index (κ1) is 13.5. The maximum absolute atomic E-state index is 12.1. The summed E-state index contributed by atoms with van der Waals surface area (Å²) in [4.78, 5) is 10.8. The highest BCUT2D eigenvalue weighted by molar-refractivity contribution is 5.82. The van der Waals surface area contributed by atoms with E-state index in [9.17, 15) is 18.0 Å². The molecule has 17 heavy (non-hydrogen) atoms. The molecule has 0 radical (unpaired) electrons. The third-order valence-electron chi connectivity index (χ3n) is 2.50. The molecular weight excluding hydrogens is 231 g/mol. The van der Waals surface area contributed by atoms with Crippen molar-refractivity contribution in [3.63, 3.8) is 0 Å². The van der Waals surface area contributed by atoms with Crippen molar-refractivity contribution in [3.05, 3.63) is 34.9 Å². The van der Waals surface area contributed by atoms with Crippen molar-refractivity contribution in [2.24, 2.45) is 0 Å². The monoisotopic (exact) mass is 245 g/mol. The lowest BCUT2D eigenvalue weighted by Crippen LogP contribution is -2.38. The molecule has 0 saturated heterocycles. The first-order chi connectivity index (χ1) is 7.71. The number of aryl methyl sites for hydroxylation is 2. The van der Waals surface area contributed by atoms with Gasteiger partial charge in [0.2, 0.25) is 0 Å². The van der Waals surface area contributed by atoms with Crippen molar-refractivity contribution in [1.82, 2.24) is 5.32 Å². The summed E-state index contributed by atoms with van der Waals surface area (Å²) < 4.78 is 36.2. The Bertz CT molecular complexity index is 426. The average Bonchev–Trinajstić information content (AvgIpc) is 2.15. The van der Waals surface area contributed by atoms with Crippen LogP contribution in [0.5, 0.6) is 0 Å². The van der Waals surface area contributed by atoms with Crippen LogP contribution < -0.4 is 5.32 Å². The molecule has 1 N–H and O–H groups in total. The van der Waals surface area contributed by atoms with Crippen LogP contribution in [0.25, 0.3) is 0 Å². The van der Waals surface area contributed by atoms with E-state index in [1.54, 1.807) is 19.1 Å². The molecule has 0 heterocycles. The van der Waals surface area contributed by atoms with Crippen LogP contribution >= 0.6 is 0 Å². The van der Waals surface area contributed by atoms with Gasteiger partial charge in [0.15, 0.2) is 0 Å². The highest BCUT2D eigenvalue weighted by atomic mass is 19.4. The number of benzene rings is 1. The van der Waals surface area contributed by atoms with Gasteiger partial charge in [-0.25, -0.2) is 0 Å². The molecule has 1 aromatic carbocycles. The molecule has 1 aromatic rings. The van der Waals surface area contributed by atoms with E-state index >= 15 is 0 Å². The van der Waals surface area contributed by atoms with Crippen LogP contribution in [0.3, 0.4) is 0 Å². The Balaban J connectivity index is 2.84. The van der Waals surface area contributed by atoms with E-state index in [0.29, 0.717) is 5.56 Å². The minimum atomic E-state index is -4.84. The number of carbonyl (C=O) groups is 1. The molecule has 0 spiro atoms. The topological polar surface area (TPSA) is 29.1 Å². The molecule has 5 heteroatoms. The Morgan fingerprint density at radius 1 is 1.29 bits per heavy atom. The normalized spacial score (nSPS) is 13.3. The summed E-state index contributed by atoms with van der Waals surface area (Å²) >= 11 is 0. The van der Waals surface area contributed by atoms with Crippen molar-refractivity contribution in [3.8, 4) is 0 Å². The van der Waals surface area contributed by atoms with Crippen molar-refractivity contribution in [2.45, 2.75) is 33.0 Å². The molecule has 0 aliphatic carbocycles. The van der Waals surface area contributed by atoms with Gasteiger partial charge in [-0.05, 0) is 31.9 Å². The van der Waals surface area contributed by atoms with E-state index in [1.165, 1.54) is 6.92 Å². The van der Waals surface area contributed by atoms with Crippen molar-refractivity contribution < 1.29 is 18.0 Å². The number of rotatable bonds is 2. The lowest BCUT2D eigenvalue weighted by atomic mass is 10.0.